The molecule has 0 spiro atoms. The van der Waals surface area contributed by atoms with Crippen LogP contribution in [-0.2, 0) is 17.8 Å². The van der Waals surface area contributed by atoms with E-state index in [1.165, 1.54) is 37.6 Å². The molecule has 6 nitrogen and oxygen atoms in total. The van der Waals surface area contributed by atoms with Gasteiger partial charge in [-0.05, 0) is 37.3 Å². The van der Waals surface area contributed by atoms with Crippen LogP contribution in [-0.4, -0.2) is 25.8 Å². The molecule has 0 bridgehead atoms. The number of hydrogen-bond acceptors (Lipinski definition) is 4. The summed E-state index contributed by atoms with van der Waals surface area (Å²) >= 11 is 0. The number of amides is 1. The second kappa shape index (κ2) is 7.77. The van der Waals surface area contributed by atoms with E-state index in [2.05, 4.69) is 10.6 Å². The molecule has 1 aromatic heterocycles. The number of aryl methyl sites for hydroxylation is 1. The maximum absolute atomic E-state index is 11.4. The zero-order valence-electron chi connectivity index (χ0n) is 14.0. The van der Waals surface area contributed by atoms with Gasteiger partial charge < -0.3 is 4.57 Å². The van der Waals surface area contributed by atoms with E-state index >= 15 is 0 Å². The monoisotopic (exact) mass is 330 g/mol. The van der Waals surface area contributed by atoms with Crippen LogP contribution in [0.25, 0.3) is 11.0 Å². The Morgan fingerprint density at radius 1 is 1.29 bits per heavy atom. The van der Waals surface area contributed by atoms with E-state index < -0.39 is 5.91 Å². The van der Waals surface area contributed by atoms with Gasteiger partial charge in [-0.15, -0.1) is 0 Å². The van der Waals surface area contributed by atoms with Crippen LogP contribution in [0.1, 0.15) is 50.8 Å². The van der Waals surface area contributed by atoms with Crippen molar-refractivity contribution in [3.63, 3.8) is 0 Å². The number of hydrazine groups is 1. The van der Waals surface area contributed by atoms with Crippen LogP contribution in [0.4, 0.5) is 0 Å². The average Bonchev–Trinajstić information content (AvgIpc) is 2.93. The van der Waals surface area contributed by atoms with Crippen molar-refractivity contribution in [1.82, 2.24) is 14.7 Å². The Morgan fingerprint density at radius 3 is 2.79 bits per heavy atom. The molecule has 1 aliphatic rings. The van der Waals surface area contributed by atoms with Crippen LogP contribution >= 0.6 is 0 Å². The first-order valence-electron chi connectivity index (χ1n) is 8.86. The molecule has 0 saturated heterocycles. The van der Waals surface area contributed by atoms with Gasteiger partial charge in [0.2, 0.25) is 0 Å². The Hall–Kier alpha value is -1.92. The molecule has 1 heterocycles. The van der Waals surface area contributed by atoms with Crippen molar-refractivity contribution in [3.8, 4) is 0 Å². The van der Waals surface area contributed by atoms with Crippen molar-refractivity contribution >= 4 is 16.9 Å². The zero-order valence-corrected chi connectivity index (χ0v) is 14.0. The Kier molecular flexibility index (Phi) is 5.48. The molecule has 24 heavy (non-hydrogen) atoms. The van der Waals surface area contributed by atoms with Crippen LogP contribution < -0.4 is 5.84 Å². The van der Waals surface area contributed by atoms with Gasteiger partial charge >= 0.3 is 0 Å². The number of aromatic nitrogens is 2. The second-order valence-corrected chi connectivity index (χ2v) is 6.72. The first kappa shape index (κ1) is 16.9. The van der Waals surface area contributed by atoms with E-state index in [0.717, 1.165) is 17.9 Å². The van der Waals surface area contributed by atoms with E-state index in [-0.39, 0.29) is 11.6 Å². The minimum atomic E-state index is -0.468. The molecule has 0 radical (unpaired) electrons. The molecule has 3 rings (SSSR count). The third kappa shape index (κ3) is 3.94. The van der Waals surface area contributed by atoms with Gasteiger partial charge in [-0.25, -0.2) is 10.8 Å². The fourth-order valence-electron chi connectivity index (χ4n) is 3.66. The molecule has 1 fully saturated rings. The van der Waals surface area contributed by atoms with Gasteiger partial charge in [0.1, 0.15) is 5.82 Å². The summed E-state index contributed by atoms with van der Waals surface area (Å²) in [4.78, 5) is 16.2. The summed E-state index contributed by atoms with van der Waals surface area (Å²) in [6, 6.07) is 8.21. The second-order valence-electron chi connectivity index (χ2n) is 6.72. The number of rotatable bonds is 6. The minimum Gasteiger partial charge on any atom is -0.328 e. The average molecular weight is 330 g/mol. The van der Waals surface area contributed by atoms with Crippen molar-refractivity contribution in [2.45, 2.75) is 57.9 Å². The third-order valence-electron chi connectivity index (χ3n) is 4.95. The number of hydroxylamine groups is 1. The molecule has 1 amide bonds. The number of benzene rings is 1. The maximum Gasteiger partial charge on any atom is 0.260 e. The Bertz CT molecular complexity index is 689. The van der Waals surface area contributed by atoms with Crippen molar-refractivity contribution in [2.24, 2.45) is 11.8 Å². The van der Waals surface area contributed by atoms with E-state index in [1.807, 2.05) is 18.2 Å². The minimum absolute atomic E-state index is 0.172. The van der Waals surface area contributed by atoms with E-state index in [4.69, 9.17) is 16.0 Å². The molecule has 6 heteroatoms. The highest BCUT2D eigenvalue weighted by atomic mass is 16.5. The number of nitrogens with zero attached hydrogens (tertiary/aromatic N) is 3. The molecule has 1 aromatic carbocycles. The van der Waals surface area contributed by atoms with Crippen LogP contribution in [0.2, 0.25) is 0 Å². The van der Waals surface area contributed by atoms with Crippen molar-refractivity contribution < 1.29 is 10.0 Å². The number of imidazole rings is 1. The Labute approximate surface area is 142 Å². The lowest BCUT2D eigenvalue weighted by atomic mass is 9.89. The highest BCUT2D eigenvalue weighted by Gasteiger charge is 2.18. The van der Waals surface area contributed by atoms with Crippen LogP contribution in [0, 0.1) is 5.92 Å². The third-order valence-corrected chi connectivity index (χ3v) is 4.95. The SMILES string of the molecule is NN(O)C(=O)CCCc1nc2ccccc2n1CC1CCCCC1. The first-order valence-corrected chi connectivity index (χ1v) is 8.86. The smallest absolute Gasteiger partial charge is 0.260 e. The van der Waals surface area contributed by atoms with Gasteiger partial charge in [0.15, 0.2) is 0 Å². The Morgan fingerprint density at radius 2 is 2.04 bits per heavy atom. The van der Waals surface area contributed by atoms with E-state index in [0.29, 0.717) is 18.8 Å². The number of nitrogens with two attached hydrogens (primary N) is 1. The number of para-hydroxylation sites is 2. The highest BCUT2D eigenvalue weighted by molar-refractivity contribution is 5.76. The van der Waals surface area contributed by atoms with Crippen molar-refractivity contribution in [2.75, 3.05) is 0 Å². The van der Waals surface area contributed by atoms with Gasteiger partial charge in [0.05, 0.1) is 11.0 Å². The summed E-state index contributed by atoms with van der Waals surface area (Å²) in [5, 5.41) is 9.12. The highest BCUT2D eigenvalue weighted by Crippen LogP contribution is 2.27. The van der Waals surface area contributed by atoms with Crippen LogP contribution in [0.3, 0.4) is 0 Å². The van der Waals surface area contributed by atoms with Crippen molar-refractivity contribution in [1.29, 1.82) is 0 Å². The molecule has 3 N–H and O–H groups in total. The molecule has 0 unspecified atom stereocenters. The molecule has 1 aliphatic carbocycles. The molecular formula is C18H26N4O2. The van der Waals surface area contributed by atoms with Crippen molar-refractivity contribution in [3.05, 3.63) is 30.1 Å². The lowest BCUT2D eigenvalue weighted by molar-refractivity contribution is -0.166. The summed E-state index contributed by atoms with van der Waals surface area (Å²) in [6.45, 7) is 1.01. The van der Waals surface area contributed by atoms with Crippen LogP contribution in [0.5, 0.6) is 0 Å². The lowest BCUT2D eigenvalue weighted by Gasteiger charge is -2.23. The fraction of sp³-hybridized carbons (Fsp3) is 0.556. The number of carbonyl (C=O) groups excluding carboxylic acids is 1. The quantitative estimate of drug-likeness (QED) is 0.369. The maximum atomic E-state index is 11.4. The summed E-state index contributed by atoms with van der Waals surface area (Å²) in [5.74, 6) is 6.32. The predicted molar refractivity (Wildman–Crippen MR) is 92.1 cm³/mol. The molecule has 0 aliphatic heterocycles. The molecule has 1 saturated carbocycles. The molecule has 2 aromatic rings. The number of fused-ring (bicyclic) bond motifs is 1. The predicted octanol–water partition coefficient (Wildman–Crippen LogP) is 3.03. The van der Waals surface area contributed by atoms with Gasteiger partial charge in [-0.1, -0.05) is 31.4 Å². The van der Waals surface area contributed by atoms with Gasteiger partial charge in [-0.3, -0.25) is 10.0 Å². The topological polar surface area (TPSA) is 84.4 Å². The number of hydrogen-bond donors (Lipinski definition) is 2. The summed E-state index contributed by atoms with van der Waals surface area (Å²) < 4.78 is 2.33. The largest absolute Gasteiger partial charge is 0.328 e. The van der Waals surface area contributed by atoms with Gasteiger partial charge in [-0.2, -0.15) is 5.17 Å². The zero-order chi connectivity index (χ0) is 16.9. The standard InChI is InChI=1S/C18H26N4O2/c19-22(24)18(23)12-6-11-17-20-15-9-4-5-10-16(15)21(17)13-14-7-2-1-3-8-14/h4-5,9-10,14,24H,1-3,6-8,11-13,19H2. The van der Waals surface area contributed by atoms with Gasteiger partial charge in [0.25, 0.3) is 5.91 Å². The Balaban J connectivity index is 1.75. The summed E-state index contributed by atoms with van der Waals surface area (Å²) in [6.07, 6.45) is 8.14. The normalized spacial score (nSPS) is 15.8. The molecular weight excluding hydrogens is 304 g/mol. The fourth-order valence-corrected chi connectivity index (χ4v) is 3.66. The number of carbonyl (C=O) groups is 1. The van der Waals surface area contributed by atoms with E-state index in [9.17, 15) is 4.79 Å². The summed E-state index contributed by atoms with van der Waals surface area (Å²) in [7, 11) is 0. The lowest BCUT2D eigenvalue weighted by Crippen LogP contribution is -2.33. The van der Waals surface area contributed by atoms with E-state index in [1.54, 1.807) is 0 Å². The van der Waals surface area contributed by atoms with Crippen LogP contribution in [0.15, 0.2) is 24.3 Å². The van der Waals surface area contributed by atoms with Gasteiger partial charge in [0, 0.05) is 19.4 Å². The molecule has 130 valence electrons. The first-order chi connectivity index (χ1) is 11.6. The molecule has 0 atom stereocenters. The summed E-state index contributed by atoms with van der Waals surface area (Å²) in [5.41, 5.74) is 2.18.